The van der Waals surface area contributed by atoms with Gasteiger partial charge in [0.2, 0.25) is 0 Å². The molecule has 0 aliphatic carbocycles. The number of nitrogens with one attached hydrogen (secondary N) is 1. The summed E-state index contributed by atoms with van der Waals surface area (Å²) in [4.78, 5) is 0. The first-order chi connectivity index (χ1) is 10.4. The van der Waals surface area contributed by atoms with Crippen LogP contribution >= 0.6 is 0 Å². The van der Waals surface area contributed by atoms with Crippen LogP contribution in [0.2, 0.25) is 0 Å². The molecule has 1 N–H and O–H groups in total. The topological polar surface area (TPSA) is 39.7 Å². The number of ether oxygens (including phenoxy) is 3. The van der Waals surface area contributed by atoms with Crippen LogP contribution in [0.1, 0.15) is 44.2 Å². The Morgan fingerprint density at radius 3 is 2.81 bits per heavy atom. The van der Waals surface area contributed by atoms with Crippen molar-refractivity contribution in [2.45, 2.75) is 44.8 Å². The van der Waals surface area contributed by atoms with Gasteiger partial charge in [-0.1, -0.05) is 13.0 Å². The number of hydrogen-bond donors (Lipinski definition) is 1. The summed E-state index contributed by atoms with van der Waals surface area (Å²) in [6.45, 7) is 5.40. The zero-order chi connectivity index (χ0) is 14.5. The summed E-state index contributed by atoms with van der Waals surface area (Å²) in [5.74, 6) is 1.73. The average molecular weight is 291 g/mol. The van der Waals surface area contributed by atoms with E-state index in [1.807, 2.05) is 6.07 Å². The monoisotopic (exact) mass is 291 g/mol. The SMILES string of the molecule is CCCNC(CC1CCCO1)c1ccc2c(c1)OCCO2. The maximum Gasteiger partial charge on any atom is 0.161 e. The molecule has 4 heteroatoms. The zero-order valence-corrected chi connectivity index (χ0v) is 12.8. The molecular weight excluding hydrogens is 266 g/mol. The summed E-state index contributed by atoms with van der Waals surface area (Å²) in [5.41, 5.74) is 1.27. The van der Waals surface area contributed by atoms with Crippen LogP contribution in [0, 0.1) is 0 Å². The van der Waals surface area contributed by atoms with Crippen LogP contribution in [0.25, 0.3) is 0 Å². The van der Waals surface area contributed by atoms with E-state index in [4.69, 9.17) is 14.2 Å². The van der Waals surface area contributed by atoms with Gasteiger partial charge in [0.25, 0.3) is 0 Å². The molecule has 2 atom stereocenters. The van der Waals surface area contributed by atoms with Crippen molar-refractivity contribution < 1.29 is 14.2 Å². The minimum absolute atomic E-state index is 0.323. The van der Waals surface area contributed by atoms with Crippen molar-refractivity contribution in [3.8, 4) is 11.5 Å². The maximum atomic E-state index is 5.80. The predicted octanol–water partition coefficient (Wildman–Crippen LogP) is 3.07. The summed E-state index contributed by atoms with van der Waals surface area (Å²) >= 11 is 0. The van der Waals surface area contributed by atoms with Crippen LogP contribution in [0.15, 0.2) is 18.2 Å². The first-order valence-corrected chi connectivity index (χ1v) is 8.11. The second-order valence-electron chi connectivity index (χ2n) is 5.78. The largest absolute Gasteiger partial charge is 0.486 e. The van der Waals surface area contributed by atoms with Gasteiger partial charge in [0.05, 0.1) is 6.10 Å². The Kier molecular flexibility index (Phi) is 4.99. The number of hydrogen-bond acceptors (Lipinski definition) is 4. The molecule has 0 spiro atoms. The summed E-state index contributed by atoms with van der Waals surface area (Å²) in [5, 5.41) is 3.64. The number of fused-ring (bicyclic) bond motifs is 1. The maximum absolute atomic E-state index is 5.80. The van der Waals surface area contributed by atoms with Crippen LogP contribution in [-0.4, -0.2) is 32.5 Å². The molecule has 0 radical (unpaired) electrons. The Labute approximate surface area is 126 Å². The van der Waals surface area contributed by atoms with Gasteiger partial charge in [0.1, 0.15) is 13.2 Å². The van der Waals surface area contributed by atoms with Gasteiger partial charge in [-0.05, 0) is 49.9 Å². The molecule has 4 nitrogen and oxygen atoms in total. The van der Waals surface area contributed by atoms with Crippen LogP contribution in [0.3, 0.4) is 0 Å². The van der Waals surface area contributed by atoms with Crippen LogP contribution in [0.4, 0.5) is 0 Å². The van der Waals surface area contributed by atoms with Crippen molar-refractivity contribution in [2.24, 2.45) is 0 Å². The quantitative estimate of drug-likeness (QED) is 0.874. The van der Waals surface area contributed by atoms with Crippen LogP contribution in [0.5, 0.6) is 11.5 Å². The van der Waals surface area contributed by atoms with Gasteiger partial charge in [0, 0.05) is 12.6 Å². The van der Waals surface area contributed by atoms with E-state index in [0.717, 1.165) is 37.5 Å². The molecule has 0 bridgehead atoms. The minimum atomic E-state index is 0.323. The standard InChI is InChI=1S/C17H25NO3/c1-2-7-18-15(12-14-4-3-8-19-14)13-5-6-16-17(11-13)21-10-9-20-16/h5-6,11,14-15,18H,2-4,7-10,12H2,1H3. The molecule has 2 aliphatic rings. The fourth-order valence-corrected chi connectivity index (χ4v) is 3.03. The van der Waals surface area contributed by atoms with E-state index in [-0.39, 0.29) is 0 Å². The average Bonchev–Trinajstić information content (AvgIpc) is 3.04. The van der Waals surface area contributed by atoms with E-state index in [9.17, 15) is 0 Å². The molecule has 0 saturated carbocycles. The van der Waals surface area contributed by atoms with Gasteiger partial charge < -0.3 is 19.5 Å². The molecule has 116 valence electrons. The third kappa shape index (κ3) is 3.69. The van der Waals surface area contributed by atoms with Crippen LogP contribution in [-0.2, 0) is 4.74 Å². The number of rotatable bonds is 6. The lowest BCUT2D eigenvalue weighted by Gasteiger charge is -2.24. The van der Waals surface area contributed by atoms with E-state index in [1.54, 1.807) is 0 Å². The molecule has 2 heterocycles. The molecule has 0 aromatic heterocycles. The molecule has 1 aromatic rings. The lowest BCUT2D eigenvalue weighted by molar-refractivity contribution is 0.0944. The highest BCUT2D eigenvalue weighted by molar-refractivity contribution is 5.44. The van der Waals surface area contributed by atoms with Gasteiger partial charge in [0.15, 0.2) is 11.5 Å². The normalized spacial score (nSPS) is 22.2. The summed E-state index contributed by atoms with van der Waals surface area (Å²) < 4.78 is 17.1. The van der Waals surface area contributed by atoms with E-state index >= 15 is 0 Å². The fourth-order valence-electron chi connectivity index (χ4n) is 3.03. The van der Waals surface area contributed by atoms with Gasteiger partial charge in [-0.3, -0.25) is 0 Å². The highest BCUT2D eigenvalue weighted by atomic mass is 16.6. The molecule has 2 aliphatic heterocycles. The van der Waals surface area contributed by atoms with Crippen molar-refractivity contribution in [1.82, 2.24) is 5.32 Å². The van der Waals surface area contributed by atoms with Crippen LogP contribution < -0.4 is 14.8 Å². The summed E-state index contributed by atoms with van der Waals surface area (Å²) in [6, 6.07) is 6.62. The molecule has 1 saturated heterocycles. The second kappa shape index (κ2) is 7.14. The third-order valence-electron chi connectivity index (χ3n) is 4.13. The zero-order valence-electron chi connectivity index (χ0n) is 12.8. The second-order valence-corrected chi connectivity index (χ2v) is 5.78. The third-order valence-corrected chi connectivity index (χ3v) is 4.13. The van der Waals surface area contributed by atoms with Crippen molar-refractivity contribution in [3.63, 3.8) is 0 Å². The van der Waals surface area contributed by atoms with Gasteiger partial charge >= 0.3 is 0 Å². The summed E-state index contributed by atoms with van der Waals surface area (Å²) in [6.07, 6.45) is 4.90. The van der Waals surface area contributed by atoms with E-state index < -0.39 is 0 Å². The molecule has 1 aromatic carbocycles. The molecule has 0 amide bonds. The van der Waals surface area contributed by atoms with Gasteiger partial charge in [-0.15, -0.1) is 0 Å². The Balaban J connectivity index is 1.74. The molecular formula is C17H25NO3. The lowest BCUT2D eigenvalue weighted by Crippen LogP contribution is -2.26. The first kappa shape index (κ1) is 14.7. The van der Waals surface area contributed by atoms with Crippen molar-refractivity contribution in [1.29, 1.82) is 0 Å². The highest BCUT2D eigenvalue weighted by Gasteiger charge is 2.23. The highest BCUT2D eigenvalue weighted by Crippen LogP contribution is 2.34. The molecule has 21 heavy (non-hydrogen) atoms. The molecule has 3 rings (SSSR count). The Hall–Kier alpha value is -1.26. The van der Waals surface area contributed by atoms with E-state index in [1.165, 1.54) is 18.4 Å². The Morgan fingerprint density at radius 2 is 2.05 bits per heavy atom. The predicted molar refractivity (Wildman–Crippen MR) is 82.1 cm³/mol. The molecule has 2 unspecified atom stereocenters. The van der Waals surface area contributed by atoms with Gasteiger partial charge in [-0.25, -0.2) is 0 Å². The van der Waals surface area contributed by atoms with Crippen molar-refractivity contribution >= 4 is 0 Å². The van der Waals surface area contributed by atoms with Gasteiger partial charge in [-0.2, -0.15) is 0 Å². The Bertz CT molecular complexity index is 457. The smallest absolute Gasteiger partial charge is 0.161 e. The minimum Gasteiger partial charge on any atom is -0.486 e. The molecule has 1 fully saturated rings. The lowest BCUT2D eigenvalue weighted by atomic mass is 9.98. The Morgan fingerprint density at radius 1 is 1.19 bits per heavy atom. The van der Waals surface area contributed by atoms with E-state index in [0.29, 0.717) is 25.4 Å². The van der Waals surface area contributed by atoms with Crippen molar-refractivity contribution in [3.05, 3.63) is 23.8 Å². The van der Waals surface area contributed by atoms with Crippen molar-refractivity contribution in [2.75, 3.05) is 26.4 Å². The number of benzene rings is 1. The summed E-state index contributed by atoms with van der Waals surface area (Å²) in [7, 11) is 0. The first-order valence-electron chi connectivity index (χ1n) is 8.11. The van der Waals surface area contributed by atoms with E-state index in [2.05, 4.69) is 24.4 Å². The fraction of sp³-hybridized carbons (Fsp3) is 0.647.